The van der Waals surface area contributed by atoms with Crippen LogP contribution in [0.15, 0.2) is 57.7 Å². The van der Waals surface area contributed by atoms with Crippen molar-refractivity contribution in [3.8, 4) is 11.5 Å². The topological polar surface area (TPSA) is 64.2 Å². The molecule has 0 N–H and O–H groups in total. The molecule has 0 radical (unpaired) electrons. The molecule has 0 saturated heterocycles. The Morgan fingerprint density at radius 2 is 1.96 bits per heavy atom. The van der Waals surface area contributed by atoms with Crippen LogP contribution in [0, 0.1) is 5.82 Å². The van der Waals surface area contributed by atoms with E-state index >= 15 is 0 Å². The Hall–Kier alpha value is -2.84. The molecule has 0 unspecified atom stereocenters. The molecule has 8 heteroatoms. The second-order valence-corrected chi connectivity index (χ2v) is 7.03. The van der Waals surface area contributed by atoms with Crippen LogP contribution in [0.5, 0.6) is 0 Å². The maximum absolute atomic E-state index is 13.0. The summed E-state index contributed by atoms with van der Waals surface area (Å²) in [7, 11) is 1.88. The SMILES string of the molecule is CN(Cc1nc2ccccc2s1)Cn1nc(-c2ccc(F)cc2)oc1=O. The van der Waals surface area contributed by atoms with Crippen molar-refractivity contribution < 1.29 is 8.81 Å². The lowest BCUT2D eigenvalue weighted by Crippen LogP contribution is -2.28. The van der Waals surface area contributed by atoms with Crippen LogP contribution in [0.3, 0.4) is 0 Å². The van der Waals surface area contributed by atoms with Crippen LogP contribution < -0.4 is 5.76 Å². The minimum atomic E-state index is -0.555. The average molecular weight is 370 g/mol. The van der Waals surface area contributed by atoms with Crippen LogP contribution in [0.25, 0.3) is 21.7 Å². The fraction of sp³-hybridized carbons (Fsp3) is 0.167. The van der Waals surface area contributed by atoms with Gasteiger partial charge in [-0.05, 0) is 43.4 Å². The van der Waals surface area contributed by atoms with Crippen molar-refractivity contribution in [2.75, 3.05) is 7.05 Å². The molecule has 4 aromatic rings. The first-order valence-electron chi connectivity index (χ1n) is 7.95. The van der Waals surface area contributed by atoms with Gasteiger partial charge in [-0.25, -0.2) is 14.2 Å². The minimum Gasteiger partial charge on any atom is -0.388 e. The van der Waals surface area contributed by atoms with Gasteiger partial charge in [0.05, 0.1) is 16.8 Å². The van der Waals surface area contributed by atoms with Gasteiger partial charge in [0, 0.05) is 5.56 Å². The van der Waals surface area contributed by atoms with Gasteiger partial charge in [0.1, 0.15) is 17.5 Å². The number of aromatic nitrogens is 3. The van der Waals surface area contributed by atoms with Crippen LogP contribution in [0.2, 0.25) is 0 Å². The van der Waals surface area contributed by atoms with Crippen molar-refractivity contribution >= 4 is 21.6 Å². The predicted octanol–water partition coefficient (Wildman–Crippen LogP) is 3.34. The van der Waals surface area contributed by atoms with Crippen molar-refractivity contribution in [2.45, 2.75) is 13.2 Å². The molecule has 2 aromatic carbocycles. The number of hydrogen-bond acceptors (Lipinski definition) is 6. The van der Waals surface area contributed by atoms with E-state index in [1.54, 1.807) is 11.3 Å². The molecular weight excluding hydrogens is 355 g/mol. The molecule has 0 aliphatic rings. The first-order valence-corrected chi connectivity index (χ1v) is 8.77. The molecule has 0 bridgehead atoms. The summed E-state index contributed by atoms with van der Waals surface area (Å²) in [5.74, 6) is -0.741. The molecule has 0 saturated carbocycles. The number of halogens is 1. The normalized spacial score (nSPS) is 11.5. The summed E-state index contributed by atoms with van der Waals surface area (Å²) >= 11 is 1.62. The van der Waals surface area contributed by atoms with Gasteiger partial charge in [-0.1, -0.05) is 12.1 Å². The van der Waals surface area contributed by atoms with Crippen molar-refractivity contribution in [1.82, 2.24) is 19.7 Å². The number of nitrogens with zero attached hydrogens (tertiary/aromatic N) is 4. The molecule has 0 amide bonds. The highest BCUT2D eigenvalue weighted by Crippen LogP contribution is 2.22. The van der Waals surface area contributed by atoms with Crippen LogP contribution in [-0.4, -0.2) is 26.7 Å². The summed E-state index contributed by atoms with van der Waals surface area (Å²) in [6, 6.07) is 13.6. The Kier molecular flexibility index (Phi) is 4.36. The molecule has 26 heavy (non-hydrogen) atoms. The maximum Gasteiger partial charge on any atom is 0.438 e. The molecule has 2 heterocycles. The maximum atomic E-state index is 13.0. The van der Waals surface area contributed by atoms with Gasteiger partial charge in [0.15, 0.2) is 0 Å². The standard InChI is InChI=1S/C18H15FN4O2S/c1-22(10-16-20-14-4-2-3-5-15(14)26-16)11-23-18(24)25-17(21-23)12-6-8-13(19)9-7-12/h2-9H,10-11H2,1H3. The third-order valence-corrected chi connectivity index (χ3v) is 4.84. The van der Waals surface area contributed by atoms with E-state index in [1.165, 1.54) is 28.9 Å². The zero-order valence-corrected chi connectivity index (χ0v) is 14.7. The van der Waals surface area contributed by atoms with Gasteiger partial charge in [-0.3, -0.25) is 4.90 Å². The van der Waals surface area contributed by atoms with E-state index in [0.717, 1.165) is 15.2 Å². The highest BCUT2D eigenvalue weighted by atomic mass is 32.1. The fourth-order valence-electron chi connectivity index (χ4n) is 2.60. The Morgan fingerprint density at radius 1 is 1.19 bits per heavy atom. The Labute approximate surface area is 152 Å². The summed E-state index contributed by atoms with van der Waals surface area (Å²) in [5, 5.41) is 5.15. The summed E-state index contributed by atoms with van der Waals surface area (Å²) in [5.41, 5.74) is 1.52. The van der Waals surface area contributed by atoms with Crippen LogP contribution in [0.1, 0.15) is 5.01 Å². The molecule has 0 aliphatic carbocycles. The third kappa shape index (κ3) is 3.42. The third-order valence-electron chi connectivity index (χ3n) is 3.82. The van der Waals surface area contributed by atoms with Gasteiger partial charge in [0.25, 0.3) is 0 Å². The Balaban J connectivity index is 1.49. The van der Waals surface area contributed by atoms with Gasteiger partial charge < -0.3 is 4.42 Å². The second-order valence-electron chi connectivity index (χ2n) is 5.91. The van der Waals surface area contributed by atoms with E-state index in [9.17, 15) is 9.18 Å². The Morgan fingerprint density at radius 3 is 2.73 bits per heavy atom. The van der Waals surface area contributed by atoms with Crippen molar-refractivity contribution in [1.29, 1.82) is 0 Å². The Bertz CT molecular complexity index is 1070. The quantitative estimate of drug-likeness (QED) is 0.539. The molecule has 0 fully saturated rings. The molecule has 4 rings (SSSR count). The number of fused-ring (bicyclic) bond motifs is 1. The highest BCUT2D eigenvalue weighted by molar-refractivity contribution is 7.18. The van der Waals surface area contributed by atoms with E-state index in [1.807, 2.05) is 36.2 Å². The lowest BCUT2D eigenvalue weighted by molar-refractivity contribution is 0.236. The van der Waals surface area contributed by atoms with Crippen molar-refractivity contribution in [3.63, 3.8) is 0 Å². The number of hydrogen-bond donors (Lipinski definition) is 0. The van der Waals surface area contributed by atoms with Crippen LogP contribution in [-0.2, 0) is 13.2 Å². The predicted molar refractivity (Wildman–Crippen MR) is 97.2 cm³/mol. The monoisotopic (exact) mass is 370 g/mol. The van der Waals surface area contributed by atoms with E-state index in [-0.39, 0.29) is 18.4 Å². The van der Waals surface area contributed by atoms with Gasteiger partial charge in [-0.2, -0.15) is 4.68 Å². The van der Waals surface area contributed by atoms with E-state index < -0.39 is 5.76 Å². The van der Waals surface area contributed by atoms with Crippen molar-refractivity contribution in [2.24, 2.45) is 0 Å². The molecule has 0 spiro atoms. The average Bonchev–Trinajstić information content (AvgIpc) is 3.18. The largest absolute Gasteiger partial charge is 0.438 e. The molecule has 2 aromatic heterocycles. The summed E-state index contributed by atoms with van der Waals surface area (Å²) in [6.45, 7) is 0.851. The zero-order valence-electron chi connectivity index (χ0n) is 13.9. The molecule has 0 aliphatic heterocycles. The van der Waals surface area contributed by atoms with Gasteiger partial charge in [-0.15, -0.1) is 16.4 Å². The fourth-order valence-corrected chi connectivity index (χ4v) is 3.65. The summed E-state index contributed by atoms with van der Waals surface area (Å²) in [4.78, 5) is 18.5. The number of rotatable bonds is 5. The van der Waals surface area contributed by atoms with Gasteiger partial charge >= 0.3 is 5.76 Å². The smallest absolute Gasteiger partial charge is 0.388 e. The number of benzene rings is 2. The highest BCUT2D eigenvalue weighted by Gasteiger charge is 2.13. The molecule has 132 valence electrons. The first kappa shape index (κ1) is 16.6. The van der Waals surface area contributed by atoms with E-state index in [2.05, 4.69) is 10.1 Å². The van der Waals surface area contributed by atoms with Gasteiger partial charge in [0.2, 0.25) is 5.89 Å². The number of thiazole rings is 1. The minimum absolute atomic E-state index is 0.170. The van der Waals surface area contributed by atoms with E-state index in [4.69, 9.17) is 4.42 Å². The second kappa shape index (κ2) is 6.81. The number of para-hydroxylation sites is 1. The lowest BCUT2D eigenvalue weighted by Gasteiger charge is -2.13. The lowest BCUT2D eigenvalue weighted by atomic mass is 10.2. The zero-order chi connectivity index (χ0) is 18.1. The molecular formula is C18H15FN4O2S. The summed E-state index contributed by atoms with van der Waals surface area (Å²) < 4.78 is 20.6. The summed E-state index contributed by atoms with van der Waals surface area (Å²) in [6.07, 6.45) is 0. The van der Waals surface area contributed by atoms with Crippen LogP contribution >= 0.6 is 11.3 Å². The van der Waals surface area contributed by atoms with Crippen LogP contribution in [0.4, 0.5) is 4.39 Å². The first-order chi connectivity index (χ1) is 12.6. The molecule has 6 nitrogen and oxygen atoms in total. The van der Waals surface area contributed by atoms with E-state index in [0.29, 0.717) is 12.1 Å². The van der Waals surface area contributed by atoms with Crippen molar-refractivity contribution in [3.05, 3.63) is 69.9 Å². The molecule has 0 atom stereocenters.